The monoisotopic (exact) mass is 144 g/mol. The molecular weight excluding hydrogens is 128 g/mol. The van der Waals surface area contributed by atoms with E-state index in [1.807, 2.05) is 0 Å². The van der Waals surface area contributed by atoms with E-state index in [2.05, 4.69) is 13.8 Å². The molecule has 2 atom stereocenters. The van der Waals surface area contributed by atoms with Gasteiger partial charge in [-0.3, -0.25) is 0 Å². The van der Waals surface area contributed by atoms with Gasteiger partial charge < -0.3 is 9.47 Å². The second-order valence-corrected chi connectivity index (χ2v) is 2.70. The van der Waals surface area contributed by atoms with Crippen LogP contribution in [0.25, 0.3) is 0 Å². The van der Waals surface area contributed by atoms with Gasteiger partial charge in [0.05, 0.1) is 0 Å². The normalized spacial score (nSPS) is 30.6. The minimum absolute atomic E-state index is 0.139. The van der Waals surface area contributed by atoms with Gasteiger partial charge in [0.2, 0.25) is 0 Å². The van der Waals surface area contributed by atoms with Crippen LogP contribution in [0.2, 0.25) is 0 Å². The lowest BCUT2D eigenvalue weighted by Crippen LogP contribution is -2.00. The van der Waals surface area contributed by atoms with Crippen molar-refractivity contribution >= 4 is 0 Å². The fraction of sp³-hybridized carbons (Fsp3) is 1.00. The van der Waals surface area contributed by atoms with Crippen molar-refractivity contribution in [2.45, 2.75) is 45.5 Å². The van der Waals surface area contributed by atoms with Crippen molar-refractivity contribution in [3.05, 3.63) is 0 Å². The van der Waals surface area contributed by atoms with Gasteiger partial charge in [0.15, 0.2) is 6.29 Å². The van der Waals surface area contributed by atoms with Gasteiger partial charge in [0, 0.05) is 6.61 Å². The smallest absolute Gasteiger partial charge is 0.184 e. The molecule has 2 nitrogen and oxygen atoms in total. The molecule has 0 aromatic rings. The Balaban J connectivity index is 1.92. The van der Waals surface area contributed by atoms with E-state index in [1.54, 1.807) is 0 Å². The summed E-state index contributed by atoms with van der Waals surface area (Å²) in [6.45, 7) is 5.11. The second-order valence-electron chi connectivity index (χ2n) is 2.70. The molecule has 2 heteroatoms. The van der Waals surface area contributed by atoms with Crippen molar-refractivity contribution in [3.8, 4) is 0 Å². The van der Waals surface area contributed by atoms with Gasteiger partial charge in [-0.1, -0.05) is 20.3 Å². The Morgan fingerprint density at radius 3 is 2.70 bits per heavy atom. The Kier molecular flexibility index (Phi) is 3.16. The maximum Gasteiger partial charge on any atom is 0.184 e. The molecule has 1 fully saturated rings. The van der Waals surface area contributed by atoms with Crippen molar-refractivity contribution in [2.75, 3.05) is 6.61 Å². The number of rotatable bonds is 5. The van der Waals surface area contributed by atoms with Crippen LogP contribution in [0.1, 0.15) is 33.1 Å². The van der Waals surface area contributed by atoms with Crippen molar-refractivity contribution in [1.29, 1.82) is 0 Å². The molecule has 2 unspecified atom stereocenters. The molecule has 1 aliphatic heterocycles. The minimum Gasteiger partial charge on any atom is -0.350 e. The molecule has 60 valence electrons. The lowest BCUT2D eigenvalue weighted by atomic mass is 10.3. The van der Waals surface area contributed by atoms with Gasteiger partial charge in [0.25, 0.3) is 0 Å². The molecule has 0 amide bonds. The van der Waals surface area contributed by atoms with Crippen LogP contribution >= 0.6 is 0 Å². The van der Waals surface area contributed by atoms with Gasteiger partial charge in [-0.25, -0.2) is 0 Å². The molecule has 1 saturated heterocycles. The topological polar surface area (TPSA) is 21.8 Å². The Bertz CT molecular complexity index is 93.3. The third-order valence-corrected chi connectivity index (χ3v) is 1.60. The number of hydrogen-bond acceptors (Lipinski definition) is 2. The van der Waals surface area contributed by atoms with E-state index in [9.17, 15) is 0 Å². The van der Waals surface area contributed by atoms with Crippen LogP contribution in [-0.4, -0.2) is 19.0 Å². The van der Waals surface area contributed by atoms with Crippen LogP contribution in [0, 0.1) is 0 Å². The first-order chi connectivity index (χ1) is 4.88. The molecule has 1 rings (SSSR count). The molecule has 0 bridgehead atoms. The molecule has 10 heavy (non-hydrogen) atoms. The van der Waals surface area contributed by atoms with E-state index < -0.39 is 0 Å². The highest BCUT2D eigenvalue weighted by molar-refractivity contribution is 4.75. The van der Waals surface area contributed by atoms with Gasteiger partial charge in [-0.2, -0.15) is 0 Å². The van der Waals surface area contributed by atoms with E-state index in [0.29, 0.717) is 6.10 Å². The van der Waals surface area contributed by atoms with Crippen LogP contribution in [0.3, 0.4) is 0 Å². The summed E-state index contributed by atoms with van der Waals surface area (Å²) in [7, 11) is 0. The number of epoxide rings is 1. The Hall–Kier alpha value is -0.0800. The molecule has 0 radical (unpaired) electrons. The van der Waals surface area contributed by atoms with E-state index in [1.165, 1.54) is 6.42 Å². The van der Waals surface area contributed by atoms with Gasteiger partial charge in [0.1, 0.15) is 6.10 Å². The fourth-order valence-corrected chi connectivity index (χ4v) is 0.996. The third kappa shape index (κ3) is 2.27. The number of hydrogen-bond donors (Lipinski definition) is 0. The van der Waals surface area contributed by atoms with Gasteiger partial charge in [-0.15, -0.1) is 0 Å². The first kappa shape index (κ1) is 8.02. The molecule has 1 aliphatic rings. The van der Waals surface area contributed by atoms with Crippen LogP contribution in [-0.2, 0) is 9.47 Å². The summed E-state index contributed by atoms with van der Waals surface area (Å²) in [6.07, 6.45) is 3.97. The number of ether oxygens (including phenoxy) is 2. The quantitative estimate of drug-likeness (QED) is 0.550. The SMILES string of the molecule is CCCOC1OC1CCC. The molecule has 0 aliphatic carbocycles. The molecule has 1 heterocycles. The average molecular weight is 144 g/mol. The summed E-state index contributed by atoms with van der Waals surface area (Å²) in [6, 6.07) is 0. The first-order valence-corrected chi connectivity index (χ1v) is 4.15. The maximum atomic E-state index is 5.35. The lowest BCUT2D eigenvalue weighted by Gasteiger charge is -1.94. The molecular formula is C8H16O2. The zero-order valence-electron chi connectivity index (χ0n) is 6.80. The Morgan fingerprint density at radius 1 is 1.30 bits per heavy atom. The van der Waals surface area contributed by atoms with Crippen LogP contribution in [0.4, 0.5) is 0 Å². The van der Waals surface area contributed by atoms with Crippen molar-refractivity contribution in [2.24, 2.45) is 0 Å². The van der Waals surface area contributed by atoms with Gasteiger partial charge >= 0.3 is 0 Å². The highest BCUT2D eigenvalue weighted by Gasteiger charge is 2.38. The van der Waals surface area contributed by atoms with Crippen LogP contribution in [0.5, 0.6) is 0 Å². The Labute approximate surface area is 62.5 Å². The average Bonchev–Trinajstić information content (AvgIpc) is 2.65. The summed E-state index contributed by atoms with van der Waals surface area (Å²) in [5.74, 6) is 0. The van der Waals surface area contributed by atoms with Gasteiger partial charge in [-0.05, 0) is 12.8 Å². The molecule has 0 N–H and O–H groups in total. The van der Waals surface area contributed by atoms with Crippen molar-refractivity contribution in [1.82, 2.24) is 0 Å². The minimum atomic E-state index is 0.139. The van der Waals surface area contributed by atoms with Crippen molar-refractivity contribution < 1.29 is 9.47 Å². The largest absolute Gasteiger partial charge is 0.350 e. The Morgan fingerprint density at radius 2 is 2.10 bits per heavy atom. The summed E-state index contributed by atoms with van der Waals surface area (Å²) in [5, 5.41) is 0. The fourth-order valence-electron chi connectivity index (χ4n) is 0.996. The van der Waals surface area contributed by atoms with Crippen LogP contribution < -0.4 is 0 Å². The first-order valence-electron chi connectivity index (χ1n) is 4.15. The van der Waals surface area contributed by atoms with Crippen molar-refractivity contribution in [3.63, 3.8) is 0 Å². The molecule has 0 saturated carbocycles. The lowest BCUT2D eigenvalue weighted by molar-refractivity contribution is 0.0507. The summed E-state index contributed by atoms with van der Waals surface area (Å²) in [4.78, 5) is 0. The van der Waals surface area contributed by atoms with E-state index >= 15 is 0 Å². The summed E-state index contributed by atoms with van der Waals surface area (Å²) < 4.78 is 10.6. The molecule has 0 aromatic heterocycles. The zero-order chi connectivity index (χ0) is 7.40. The second kappa shape index (κ2) is 3.94. The highest BCUT2D eigenvalue weighted by atomic mass is 16.8. The standard InChI is InChI=1S/C8H16O2/c1-3-5-7-8(10-7)9-6-4-2/h7-8H,3-6H2,1-2H3. The maximum absolute atomic E-state index is 5.35. The van der Waals surface area contributed by atoms with E-state index in [4.69, 9.17) is 9.47 Å². The predicted octanol–water partition coefficient (Wildman–Crippen LogP) is 1.94. The molecule has 0 spiro atoms. The summed E-state index contributed by atoms with van der Waals surface area (Å²) in [5.41, 5.74) is 0. The third-order valence-electron chi connectivity index (χ3n) is 1.60. The predicted molar refractivity (Wildman–Crippen MR) is 39.8 cm³/mol. The van der Waals surface area contributed by atoms with Crippen LogP contribution in [0.15, 0.2) is 0 Å². The van der Waals surface area contributed by atoms with E-state index in [0.717, 1.165) is 19.4 Å². The summed E-state index contributed by atoms with van der Waals surface area (Å²) >= 11 is 0. The molecule has 0 aromatic carbocycles. The highest BCUT2D eigenvalue weighted by Crippen LogP contribution is 2.27. The zero-order valence-corrected chi connectivity index (χ0v) is 6.80. The van der Waals surface area contributed by atoms with E-state index in [-0.39, 0.29) is 6.29 Å².